The van der Waals surface area contributed by atoms with Gasteiger partial charge in [0.1, 0.15) is 5.60 Å². The second-order valence-electron chi connectivity index (χ2n) is 7.73. The number of alkyl carbamates (subject to hydrolysis) is 1. The SMILES string of the molecule is CCCCc1ccc(C(C)NCC(CC)NC(=O)OC(C)(C)C)cc1. The molecule has 1 aromatic carbocycles. The number of rotatable bonds is 9. The van der Waals surface area contributed by atoms with Crippen LogP contribution in [0.2, 0.25) is 0 Å². The average Bonchev–Trinajstić information content (AvgIpc) is 2.55. The lowest BCUT2D eigenvalue weighted by atomic mass is 10.0. The lowest BCUT2D eigenvalue weighted by Gasteiger charge is -2.24. The molecule has 0 aliphatic carbocycles. The zero-order chi connectivity index (χ0) is 18.9. The molecule has 0 saturated carbocycles. The van der Waals surface area contributed by atoms with Gasteiger partial charge in [-0.05, 0) is 58.1 Å². The van der Waals surface area contributed by atoms with Crippen LogP contribution in [0.4, 0.5) is 4.79 Å². The summed E-state index contributed by atoms with van der Waals surface area (Å²) >= 11 is 0. The third-order valence-electron chi connectivity index (χ3n) is 4.18. The number of hydrogen-bond donors (Lipinski definition) is 2. The minimum Gasteiger partial charge on any atom is -0.444 e. The first kappa shape index (κ1) is 21.5. The molecule has 2 unspecified atom stereocenters. The van der Waals surface area contributed by atoms with Crippen molar-refractivity contribution in [1.82, 2.24) is 10.6 Å². The molecule has 0 aliphatic rings. The Bertz CT molecular complexity index is 506. The first-order valence-electron chi connectivity index (χ1n) is 9.56. The topological polar surface area (TPSA) is 50.4 Å². The fraction of sp³-hybridized carbons (Fsp3) is 0.667. The molecule has 142 valence electrons. The molecular formula is C21H36N2O2. The number of amides is 1. The molecule has 4 nitrogen and oxygen atoms in total. The molecule has 25 heavy (non-hydrogen) atoms. The van der Waals surface area contributed by atoms with Crippen molar-refractivity contribution >= 4 is 6.09 Å². The number of carbonyl (C=O) groups is 1. The Labute approximate surface area is 153 Å². The normalized spacial score (nSPS) is 14.0. The Hall–Kier alpha value is -1.55. The second-order valence-corrected chi connectivity index (χ2v) is 7.73. The zero-order valence-corrected chi connectivity index (χ0v) is 16.8. The van der Waals surface area contributed by atoms with Crippen molar-refractivity contribution in [3.8, 4) is 0 Å². The largest absolute Gasteiger partial charge is 0.444 e. The van der Waals surface area contributed by atoms with Gasteiger partial charge in [-0.3, -0.25) is 0 Å². The van der Waals surface area contributed by atoms with Crippen molar-refractivity contribution in [3.05, 3.63) is 35.4 Å². The van der Waals surface area contributed by atoms with Gasteiger partial charge in [-0.2, -0.15) is 0 Å². The van der Waals surface area contributed by atoms with Crippen molar-refractivity contribution in [2.24, 2.45) is 0 Å². The van der Waals surface area contributed by atoms with Crippen LogP contribution in [0.25, 0.3) is 0 Å². The summed E-state index contributed by atoms with van der Waals surface area (Å²) in [6, 6.07) is 9.14. The van der Waals surface area contributed by atoms with Crippen molar-refractivity contribution < 1.29 is 9.53 Å². The van der Waals surface area contributed by atoms with Crippen molar-refractivity contribution in [2.45, 2.75) is 84.9 Å². The van der Waals surface area contributed by atoms with Crippen LogP contribution < -0.4 is 10.6 Å². The highest BCUT2D eigenvalue weighted by molar-refractivity contribution is 5.68. The fourth-order valence-electron chi connectivity index (χ4n) is 2.56. The standard InChI is InChI=1S/C21H36N2O2/c1-7-9-10-17-11-13-18(14-12-17)16(3)22-15-19(8-2)23-20(24)25-21(4,5)6/h11-14,16,19,22H,7-10,15H2,1-6H3,(H,23,24). The molecule has 0 fully saturated rings. The minimum atomic E-state index is -0.470. The third kappa shape index (κ3) is 8.92. The first-order chi connectivity index (χ1) is 11.7. The van der Waals surface area contributed by atoms with Gasteiger partial charge in [-0.1, -0.05) is 44.5 Å². The monoisotopic (exact) mass is 348 g/mol. The summed E-state index contributed by atoms with van der Waals surface area (Å²) in [5, 5.41) is 6.45. The van der Waals surface area contributed by atoms with Crippen LogP contribution >= 0.6 is 0 Å². The van der Waals surface area contributed by atoms with Crippen LogP contribution in [-0.4, -0.2) is 24.3 Å². The smallest absolute Gasteiger partial charge is 0.407 e. The third-order valence-corrected chi connectivity index (χ3v) is 4.18. The molecule has 0 radical (unpaired) electrons. The highest BCUT2D eigenvalue weighted by Gasteiger charge is 2.19. The molecule has 1 amide bonds. The van der Waals surface area contributed by atoms with E-state index in [9.17, 15) is 4.79 Å². The van der Waals surface area contributed by atoms with Gasteiger partial charge in [-0.15, -0.1) is 0 Å². The highest BCUT2D eigenvalue weighted by atomic mass is 16.6. The van der Waals surface area contributed by atoms with Gasteiger partial charge in [-0.25, -0.2) is 4.79 Å². The number of ether oxygens (including phenoxy) is 1. The van der Waals surface area contributed by atoms with Gasteiger partial charge in [0.2, 0.25) is 0 Å². The molecule has 0 saturated heterocycles. The molecular weight excluding hydrogens is 312 g/mol. The van der Waals surface area contributed by atoms with Gasteiger partial charge in [0, 0.05) is 18.6 Å². The molecule has 0 bridgehead atoms. The van der Waals surface area contributed by atoms with E-state index < -0.39 is 5.60 Å². The number of aryl methyl sites for hydroxylation is 1. The summed E-state index contributed by atoms with van der Waals surface area (Å²) < 4.78 is 5.33. The van der Waals surface area contributed by atoms with E-state index in [2.05, 4.69) is 55.7 Å². The predicted octanol–water partition coefficient (Wildman–Crippen LogP) is 4.98. The molecule has 0 aliphatic heterocycles. The maximum Gasteiger partial charge on any atom is 0.407 e. The van der Waals surface area contributed by atoms with Crippen molar-refractivity contribution in [3.63, 3.8) is 0 Å². The van der Waals surface area contributed by atoms with Crippen LogP contribution in [0, 0.1) is 0 Å². The van der Waals surface area contributed by atoms with Crippen LogP contribution in [0.3, 0.4) is 0 Å². The number of nitrogens with one attached hydrogen (secondary N) is 2. The maximum atomic E-state index is 11.9. The number of carbonyl (C=O) groups excluding carboxylic acids is 1. The summed E-state index contributed by atoms with van der Waals surface area (Å²) in [6.45, 7) is 12.8. The van der Waals surface area contributed by atoms with Crippen LogP contribution in [0.15, 0.2) is 24.3 Å². The predicted molar refractivity (Wildman–Crippen MR) is 105 cm³/mol. The van der Waals surface area contributed by atoms with Crippen molar-refractivity contribution in [2.75, 3.05) is 6.54 Å². The number of benzene rings is 1. The Morgan fingerprint density at radius 3 is 2.32 bits per heavy atom. The highest BCUT2D eigenvalue weighted by Crippen LogP contribution is 2.15. The zero-order valence-electron chi connectivity index (χ0n) is 16.8. The van der Waals surface area contributed by atoms with E-state index in [-0.39, 0.29) is 18.2 Å². The molecule has 2 atom stereocenters. The van der Waals surface area contributed by atoms with E-state index in [0.717, 1.165) is 12.8 Å². The summed E-state index contributed by atoms with van der Waals surface area (Å²) in [4.78, 5) is 11.9. The number of hydrogen-bond acceptors (Lipinski definition) is 3. The van der Waals surface area contributed by atoms with E-state index in [4.69, 9.17) is 4.74 Å². The first-order valence-corrected chi connectivity index (χ1v) is 9.56. The van der Waals surface area contributed by atoms with Crippen molar-refractivity contribution in [1.29, 1.82) is 0 Å². The Balaban J connectivity index is 2.47. The Kier molecular flexibility index (Phi) is 8.98. The quantitative estimate of drug-likeness (QED) is 0.661. The summed E-state index contributed by atoms with van der Waals surface area (Å²) in [5.41, 5.74) is 2.20. The van der Waals surface area contributed by atoms with E-state index in [0.29, 0.717) is 6.54 Å². The van der Waals surface area contributed by atoms with Gasteiger partial charge in [0.15, 0.2) is 0 Å². The van der Waals surface area contributed by atoms with E-state index in [1.807, 2.05) is 20.8 Å². The van der Waals surface area contributed by atoms with Gasteiger partial charge >= 0.3 is 6.09 Å². The summed E-state index contributed by atoms with van der Waals surface area (Å²) in [6.07, 6.45) is 4.12. The van der Waals surface area contributed by atoms with Crippen LogP contribution in [0.1, 0.15) is 78.0 Å². The minimum absolute atomic E-state index is 0.0566. The van der Waals surface area contributed by atoms with E-state index >= 15 is 0 Å². The number of unbranched alkanes of at least 4 members (excludes halogenated alkanes) is 1. The molecule has 1 aromatic rings. The second kappa shape index (κ2) is 10.4. The molecule has 4 heteroatoms. The lowest BCUT2D eigenvalue weighted by molar-refractivity contribution is 0.0502. The maximum absolute atomic E-state index is 11.9. The Morgan fingerprint density at radius 2 is 1.80 bits per heavy atom. The van der Waals surface area contributed by atoms with E-state index in [1.54, 1.807) is 0 Å². The molecule has 0 spiro atoms. The van der Waals surface area contributed by atoms with Gasteiger partial charge < -0.3 is 15.4 Å². The molecule has 2 N–H and O–H groups in total. The lowest BCUT2D eigenvalue weighted by Crippen LogP contribution is -2.44. The van der Waals surface area contributed by atoms with E-state index in [1.165, 1.54) is 24.0 Å². The molecule has 0 heterocycles. The average molecular weight is 349 g/mol. The molecule has 0 aromatic heterocycles. The van der Waals surface area contributed by atoms with Crippen LogP contribution in [0.5, 0.6) is 0 Å². The Morgan fingerprint density at radius 1 is 1.16 bits per heavy atom. The fourth-order valence-corrected chi connectivity index (χ4v) is 2.56. The summed E-state index contributed by atoms with van der Waals surface area (Å²) in [7, 11) is 0. The summed E-state index contributed by atoms with van der Waals surface area (Å²) in [5.74, 6) is 0. The molecule has 1 rings (SSSR count). The van der Waals surface area contributed by atoms with Gasteiger partial charge in [0.05, 0.1) is 0 Å². The van der Waals surface area contributed by atoms with Crippen LogP contribution in [-0.2, 0) is 11.2 Å². The van der Waals surface area contributed by atoms with Gasteiger partial charge in [0.25, 0.3) is 0 Å².